The maximum absolute atomic E-state index is 13.0. The number of benzene rings is 2. The van der Waals surface area contributed by atoms with Crippen LogP contribution in [0.3, 0.4) is 0 Å². The number of non-ortho nitro benzene ring substituents is 1. The van der Waals surface area contributed by atoms with E-state index in [4.69, 9.17) is 21.1 Å². The highest BCUT2D eigenvalue weighted by atomic mass is 35.5. The maximum atomic E-state index is 13.0. The van der Waals surface area contributed by atoms with Crippen LogP contribution >= 0.6 is 22.9 Å². The van der Waals surface area contributed by atoms with Gasteiger partial charge in [0.05, 0.1) is 41.0 Å². The number of rotatable bonds is 7. The molecule has 1 aliphatic heterocycles. The number of nitro groups is 1. The first-order valence-corrected chi connectivity index (χ1v) is 11.9. The minimum absolute atomic E-state index is 0.112. The molecule has 0 aliphatic carbocycles. The van der Waals surface area contributed by atoms with Gasteiger partial charge in [-0.1, -0.05) is 30.7 Å². The van der Waals surface area contributed by atoms with Crippen LogP contribution in [-0.2, 0) is 9.47 Å². The van der Waals surface area contributed by atoms with E-state index in [9.17, 15) is 19.7 Å². The molecule has 1 aliphatic rings. The summed E-state index contributed by atoms with van der Waals surface area (Å²) in [6.07, 6.45) is 0.686. The number of thiophene rings is 1. The molecule has 4 rings (SSSR count). The number of carbonyl (C=O) groups is 2. The molecule has 3 aromatic rings. The van der Waals surface area contributed by atoms with Crippen molar-refractivity contribution in [2.24, 2.45) is 0 Å². The Kier molecular flexibility index (Phi) is 7.30. The predicted molar refractivity (Wildman–Crippen MR) is 131 cm³/mol. The number of halogens is 1. The van der Waals surface area contributed by atoms with Crippen molar-refractivity contribution in [2.45, 2.75) is 13.3 Å². The largest absolute Gasteiger partial charge is 0.462 e. The number of anilines is 2. The molecule has 0 radical (unpaired) electrons. The maximum Gasteiger partial charge on any atom is 0.340 e. The lowest BCUT2D eigenvalue weighted by molar-refractivity contribution is -0.382. The molecule has 9 nitrogen and oxygen atoms in total. The summed E-state index contributed by atoms with van der Waals surface area (Å²) in [5.74, 6) is -0.998. The fourth-order valence-electron chi connectivity index (χ4n) is 3.68. The Morgan fingerprint density at radius 2 is 2.03 bits per heavy atom. The second-order valence-electron chi connectivity index (χ2n) is 7.58. The van der Waals surface area contributed by atoms with Crippen molar-refractivity contribution < 1.29 is 24.0 Å². The molecule has 2 heterocycles. The fourth-order valence-corrected chi connectivity index (χ4v) is 5.17. The summed E-state index contributed by atoms with van der Waals surface area (Å²) in [4.78, 5) is 38.8. The first-order valence-electron chi connectivity index (χ1n) is 10.7. The van der Waals surface area contributed by atoms with Crippen LogP contribution in [0.5, 0.6) is 0 Å². The monoisotopic (exact) mass is 503 g/mol. The van der Waals surface area contributed by atoms with E-state index in [2.05, 4.69) is 5.32 Å². The molecule has 1 aromatic heterocycles. The lowest BCUT2D eigenvalue weighted by Crippen LogP contribution is -2.37. The van der Waals surface area contributed by atoms with E-state index >= 15 is 0 Å². The molecule has 1 N–H and O–H groups in total. The Morgan fingerprint density at radius 3 is 2.74 bits per heavy atom. The summed E-state index contributed by atoms with van der Waals surface area (Å²) in [6.45, 7) is 4.57. The Bertz CT molecular complexity index is 1250. The molecule has 1 saturated heterocycles. The summed E-state index contributed by atoms with van der Waals surface area (Å²) in [7, 11) is 0. The molecule has 0 atom stereocenters. The van der Waals surface area contributed by atoms with E-state index in [0.29, 0.717) is 59.7 Å². The second-order valence-corrected chi connectivity index (χ2v) is 8.98. The van der Waals surface area contributed by atoms with Gasteiger partial charge in [-0.05, 0) is 24.6 Å². The van der Waals surface area contributed by atoms with Crippen molar-refractivity contribution in [2.75, 3.05) is 43.1 Å². The predicted octanol–water partition coefficient (Wildman–Crippen LogP) is 5.12. The molecular formula is C23H22ClN3O6S. The van der Waals surface area contributed by atoms with Gasteiger partial charge in [-0.25, -0.2) is 4.79 Å². The number of nitrogens with one attached hydrogen (secondary N) is 1. The third kappa shape index (κ3) is 4.84. The first kappa shape index (κ1) is 23.9. The van der Waals surface area contributed by atoms with E-state index < -0.39 is 16.8 Å². The van der Waals surface area contributed by atoms with Crippen molar-refractivity contribution in [3.63, 3.8) is 0 Å². The highest BCUT2D eigenvalue weighted by Gasteiger charge is 2.24. The van der Waals surface area contributed by atoms with E-state index in [0.717, 1.165) is 11.3 Å². The van der Waals surface area contributed by atoms with Crippen LogP contribution in [-0.4, -0.2) is 49.7 Å². The van der Waals surface area contributed by atoms with Crippen molar-refractivity contribution >= 4 is 62.0 Å². The van der Waals surface area contributed by atoms with Crippen LogP contribution in [0.4, 0.5) is 17.1 Å². The van der Waals surface area contributed by atoms with Crippen molar-refractivity contribution in [3.8, 4) is 0 Å². The first-order chi connectivity index (χ1) is 16.4. The summed E-state index contributed by atoms with van der Waals surface area (Å²) in [6, 6.07) is 9.57. The van der Waals surface area contributed by atoms with Gasteiger partial charge in [0.15, 0.2) is 0 Å². The number of fused-ring (bicyclic) bond motifs is 1. The molecule has 2 aromatic carbocycles. The van der Waals surface area contributed by atoms with Crippen LogP contribution in [0.1, 0.15) is 33.4 Å². The lowest BCUT2D eigenvalue weighted by atomic mass is 10.1. The third-order valence-electron chi connectivity index (χ3n) is 5.30. The zero-order valence-electron chi connectivity index (χ0n) is 18.3. The van der Waals surface area contributed by atoms with Gasteiger partial charge >= 0.3 is 5.97 Å². The van der Waals surface area contributed by atoms with Gasteiger partial charge in [0, 0.05) is 30.2 Å². The fraction of sp³-hybridized carbons (Fsp3) is 0.304. The molecule has 0 bridgehead atoms. The van der Waals surface area contributed by atoms with Gasteiger partial charge in [0.2, 0.25) is 0 Å². The quantitative estimate of drug-likeness (QED) is 0.270. The van der Waals surface area contributed by atoms with E-state index in [1.165, 1.54) is 12.1 Å². The number of esters is 1. The van der Waals surface area contributed by atoms with Crippen LogP contribution < -0.4 is 10.2 Å². The normalized spacial score (nSPS) is 13.6. The SMILES string of the molecule is CCCOC(=O)c1cc(NC(=O)c2sc3c([N+](=O)[O-])cccc3c2Cl)ccc1N1CCOCC1. The number of amides is 1. The van der Waals surface area contributed by atoms with E-state index in [-0.39, 0.29) is 22.2 Å². The minimum Gasteiger partial charge on any atom is -0.462 e. The zero-order chi connectivity index (χ0) is 24.2. The zero-order valence-corrected chi connectivity index (χ0v) is 19.9. The molecule has 34 heavy (non-hydrogen) atoms. The third-order valence-corrected chi connectivity index (χ3v) is 7.03. The number of morpholine rings is 1. The molecule has 1 fully saturated rings. The number of ether oxygens (including phenoxy) is 2. The van der Waals surface area contributed by atoms with Crippen LogP contribution in [0.2, 0.25) is 5.02 Å². The van der Waals surface area contributed by atoms with Gasteiger partial charge in [0.1, 0.15) is 9.58 Å². The van der Waals surface area contributed by atoms with Crippen LogP contribution in [0.15, 0.2) is 36.4 Å². The highest BCUT2D eigenvalue weighted by molar-refractivity contribution is 7.22. The van der Waals surface area contributed by atoms with Gasteiger partial charge < -0.3 is 19.7 Å². The number of hydrogen-bond donors (Lipinski definition) is 1. The number of hydrogen-bond acceptors (Lipinski definition) is 8. The molecular weight excluding hydrogens is 482 g/mol. The van der Waals surface area contributed by atoms with E-state index in [1.54, 1.807) is 24.3 Å². The van der Waals surface area contributed by atoms with Crippen LogP contribution in [0, 0.1) is 10.1 Å². The van der Waals surface area contributed by atoms with Gasteiger partial charge in [-0.2, -0.15) is 0 Å². The average molecular weight is 504 g/mol. The number of nitrogens with zero attached hydrogens (tertiary/aromatic N) is 2. The smallest absolute Gasteiger partial charge is 0.340 e. The van der Waals surface area contributed by atoms with Crippen molar-refractivity contribution in [3.05, 3.63) is 62.0 Å². The van der Waals surface area contributed by atoms with E-state index in [1.807, 2.05) is 11.8 Å². The van der Waals surface area contributed by atoms with Crippen LogP contribution in [0.25, 0.3) is 10.1 Å². The average Bonchev–Trinajstić information content (AvgIpc) is 3.19. The summed E-state index contributed by atoms with van der Waals surface area (Å²) < 4.78 is 11.1. The van der Waals surface area contributed by atoms with Gasteiger partial charge in [0.25, 0.3) is 11.6 Å². The Hall–Kier alpha value is -3.21. The van der Waals surface area contributed by atoms with Crippen molar-refractivity contribution in [1.82, 2.24) is 0 Å². The summed E-state index contributed by atoms with van der Waals surface area (Å²) >= 11 is 7.35. The molecule has 0 unspecified atom stereocenters. The number of carbonyl (C=O) groups excluding carboxylic acids is 2. The second kappa shape index (κ2) is 10.4. The Morgan fingerprint density at radius 1 is 1.26 bits per heavy atom. The molecule has 178 valence electrons. The molecule has 0 spiro atoms. The topological polar surface area (TPSA) is 111 Å². The Labute approximate surface area is 204 Å². The summed E-state index contributed by atoms with van der Waals surface area (Å²) in [5.41, 5.74) is 1.32. The number of nitro benzene ring substituents is 1. The van der Waals surface area contributed by atoms with Crippen molar-refractivity contribution in [1.29, 1.82) is 0 Å². The highest BCUT2D eigenvalue weighted by Crippen LogP contribution is 2.40. The summed E-state index contributed by atoms with van der Waals surface area (Å²) in [5, 5.41) is 14.7. The minimum atomic E-state index is -0.521. The molecule has 11 heteroatoms. The molecule has 1 amide bonds. The van der Waals surface area contributed by atoms with Gasteiger partial charge in [-0.3, -0.25) is 14.9 Å². The Balaban J connectivity index is 1.65. The lowest BCUT2D eigenvalue weighted by Gasteiger charge is -2.30. The molecule has 0 saturated carbocycles. The van der Waals surface area contributed by atoms with Gasteiger partial charge in [-0.15, -0.1) is 11.3 Å². The standard InChI is InChI=1S/C23H22ClN3O6S/c1-2-10-33-23(29)16-13-14(6-7-17(16)26-8-11-32-12-9-26)25-22(28)21-19(24)15-4-3-5-18(27(30)31)20(15)34-21/h3-7,13H,2,8-12H2,1H3,(H,25,28).